The van der Waals surface area contributed by atoms with Crippen molar-refractivity contribution in [1.29, 1.82) is 0 Å². The van der Waals surface area contributed by atoms with Gasteiger partial charge in [-0.25, -0.2) is 9.78 Å². The number of nitrogens with two attached hydrogens (primary N) is 1. The highest BCUT2D eigenvalue weighted by Gasteiger charge is 2.12. The molecule has 0 saturated carbocycles. The summed E-state index contributed by atoms with van der Waals surface area (Å²) in [6.45, 7) is 4.47. The van der Waals surface area contributed by atoms with E-state index >= 15 is 0 Å². The van der Waals surface area contributed by atoms with Crippen molar-refractivity contribution in [3.05, 3.63) is 74.1 Å². The number of hydrogen-bond acceptors (Lipinski definition) is 5. The van der Waals surface area contributed by atoms with Crippen molar-refractivity contribution in [3.63, 3.8) is 0 Å². The maximum Gasteiger partial charge on any atom is 0.327 e. The molecule has 1 aromatic carbocycles. The number of H-pyrrole nitrogens is 2. The Morgan fingerprint density at radius 2 is 1.81 bits per heavy atom. The van der Waals surface area contributed by atoms with Crippen LogP contribution in [-0.2, 0) is 0 Å². The third-order valence-corrected chi connectivity index (χ3v) is 4.37. The number of amides is 1. The average molecular weight is 367 g/mol. The summed E-state index contributed by atoms with van der Waals surface area (Å²) in [5.74, 6) is 0.0396. The smallest absolute Gasteiger partial charge is 0.327 e. The molecule has 0 bridgehead atoms. The molecule has 1 unspecified atom stereocenters. The number of carbonyl (C=O) groups excluding carboxylic acids is 1. The molecule has 0 aliphatic heterocycles. The quantitative estimate of drug-likeness (QED) is 0.537. The van der Waals surface area contributed by atoms with Gasteiger partial charge >= 0.3 is 5.69 Å². The van der Waals surface area contributed by atoms with Gasteiger partial charge in [0.05, 0.1) is 10.9 Å². The van der Waals surface area contributed by atoms with Crippen LogP contribution in [0, 0.1) is 0 Å². The fourth-order valence-corrected chi connectivity index (χ4v) is 2.72. The summed E-state index contributed by atoms with van der Waals surface area (Å²) in [5, 5.41) is 2.88. The Balaban J connectivity index is 1.71. The van der Waals surface area contributed by atoms with Crippen LogP contribution in [0.1, 0.15) is 47.3 Å². The van der Waals surface area contributed by atoms with E-state index in [2.05, 4.69) is 34.1 Å². The molecule has 0 aliphatic carbocycles. The van der Waals surface area contributed by atoms with Crippen LogP contribution in [0.3, 0.4) is 0 Å². The van der Waals surface area contributed by atoms with Crippen LogP contribution in [0.15, 0.2) is 46.1 Å². The molecule has 5 N–H and O–H groups in total. The predicted octanol–water partition coefficient (Wildman–Crippen LogP) is 1.16. The molecule has 3 aromatic rings. The van der Waals surface area contributed by atoms with Crippen LogP contribution in [-0.4, -0.2) is 27.4 Å². The summed E-state index contributed by atoms with van der Waals surface area (Å²) in [4.78, 5) is 43.9. The minimum absolute atomic E-state index is 0.127. The molecular weight excluding hydrogens is 346 g/mol. The van der Waals surface area contributed by atoms with E-state index in [0.29, 0.717) is 5.92 Å². The van der Waals surface area contributed by atoms with Crippen molar-refractivity contribution in [2.75, 3.05) is 6.54 Å². The van der Waals surface area contributed by atoms with E-state index < -0.39 is 17.2 Å². The number of pyridine rings is 1. The summed E-state index contributed by atoms with van der Waals surface area (Å²) in [6, 6.07) is 9.00. The lowest BCUT2D eigenvalue weighted by molar-refractivity contribution is 0.0951. The lowest BCUT2D eigenvalue weighted by atomic mass is 9.99. The summed E-state index contributed by atoms with van der Waals surface area (Å²) >= 11 is 0. The normalized spacial score (nSPS) is 12.3. The van der Waals surface area contributed by atoms with Crippen LogP contribution in [0.25, 0.3) is 11.0 Å². The highest BCUT2D eigenvalue weighted by Crippen LogP contribution is 2.17. The first-order chi connectivity index (χ1) is 12.8. The molecule has 27 heavy (non-hydrogen) atoms. The zero-order valence-electron chi connectivity index (χ0n) is 15.1. The Morgan fingerprint density at radius 1 is 1.15 bits per heavy atom. The fraction of sp³-hybridized carbons (Fsp3) is 0.263. The Bertz CT molecular complexity index is 1080. The van der Waals surface area contributed by atoms with Gasteiger partial charge in [-0.2, -0.15) is 0 Å². The Kier molecular flexibility index (Phi) is 5.18. The van der Waals surface area contributed by atoms with Gasteiger partial charge in [-0.1, -0.05) is 38.1 Å². The topological polar surface area (TPSA) is 134 Å². The molecular formula is C19H21N5O3. The van der Waals surface area contributed by atoms with Crippen LogP contribution in [0.5, 0.6) is 0 Å². The monoisotopic (exact) mass is 367 g/mol. The molecule has 0 radical (unpaired) electrons. The first-order valence-corrected chi connectivity index (χ1v) is 8.61. The second-order valence-corrected chi connectivity index (χ2v) is 6.67. The number of fused-ring (bicyclic) bond motifs is 1. The van der Waals surface area contributed by atoms with E-state index in [0.717, 1.165) is 5.56 Å². The number of aromatic amines is 2. The molecule has 1 atom stereocenters. The SMILES string of the molecule is CC(C)c1ccc(C(N)CNC(=O)c2cnc3[nH]c(=O)[nH]c(=O)c3c2)cc1. The molecule has 0 spiro atoms. The largest absolute Gasteiger partial charge is 0.350 e. The van der Waals surface area contributed by atoms with Crippen molar-refractivity contribution < 1.29 is 4.79 Å². The maximum atomic E-state index is 12.4. The van der Waals surface area contributed by atoms with Crippen molar-refractivity contribution in [2.24, 2.45) is 5.73 Å². The number of benzene rings is 1. The van der Waals surface area contributed by atoms with E-state index in [1.54, 1.807) is 0 Å². The average Bonchev–Trinajstić information content (AvgIpc) is 2.65. The molecule has 1 amide bonds. The summed E-state index contributed by atoms with van der Waals surface area (Å²) in [7, 11) is 0. The molecule has 8 heteroatoms. The van der Waals surface area contributed by atoms with Gasteiger partial charge in [0.1, 0.15) is 5.65 Å². The molecule has 3 rings (SSSR count). The van der Waals surface area contributed by atoms with Gasteiger partial charge in [-0.05, 0) is 23.1 Å². The van der Waals surface area contributed by atoms with Crippen molar-refractivity contribution >= 4 is 16.9 Å². The van der Waals surface area contributed by atoms with Gasteiger partial charge in [0.25, 0.3) is 11.5 Å². The highest BCUT2D eigenvalue weighted by atomic mass is 16.2. The van der Waals surface area contributed by atoms with Crippen LogP contribution < -0.4 is 22.3 Å². The van der Waals surface area contributed by atoms with Crippen molar-refractivity contribution in [3.8, 4) is 0 Å². The summed E-state index contributed by atoms with van der Waals surface area (Å²) in [6.07, 6.45) is 1.30. The van der Waals surface area contributed by atoms with Crippen LogP contribution in [0.4, 0.5) is 0 Å². The third-order valence-electron chi connectivity index (χ3n) is 4.37. The van der Waals surface area contributed by atoms with Gasteiger partial charge in [-0.15, -0.1) is 0 Å². The highest BCUT2D eigenvalue weighted by molar-refractivity contribution is 5.96. The van der Waals surface area contributed by atoms with Gasteiger partial charge in [0.2, 0.25) is 0 Å². The number of nitrogens with one attached hydrogen (secondary N) is 3. The lowest BCUT2D eigenvalue weighted by Gasteiger charge is -2.14. The summed E-state index contributed by atoms with van der Waals surface area (Å²) < 4.78 is 0. The summed E-state index contributed by atoms with van der Waals surface area (Å²) in [5.41, 5.74) is 7.39. The molecule has 140 valence electrons. The maximum absolute atomic E-state index is 12.4. The lowest BCUT2D eigenvalue weighted by Crippen LogP contribution is -2.32. The number of nitrogens with zero attached hydrogens (tertiary/aromatic N) is 1. The second-order valence-electron chi connectivity index (χ2n) is 6.67. The molecule has 0 fully saturated rings. The first-order valence-electron chi connectivity index (χ1n) is 8.61. The molecule has 8 nitrogen and oxygen atoms in total. The number of carbonyl (C=O) groups is 1. The van der Waals surface area contributed by atoms with Gasteiger partial charge in [0.15, 0.2) is 0 Å². The number of rotatable bonds is 5. The van der Waals surface area contributed by atoms with Crippen molar-refractivity contribution in [2.45, 2.75) is 25.8 Å². The van der Waals surface area contributed by atoms with E-state index in [1.807, 2.05) is 24.3 Å². The Hall–Kier alpha value is -3.26. The fourth-order valence-electron chi connectivity index (χ4n) is 2.72. The van der Waals surface area contributed by atoms with Gasteiger partial charge < -0.3 is 11.1 Å². The van der Waals surface area contributed by atoms with E-state index in [1.165, 1.54) is 17.8 Å². The zero-order chi connectivity index (χ0) is 19.6. The van der Waals surface area contributed by atoms with Gasteiger partial charge in [-0.3, -0.25) is 19.6 Å². The first kappa shape index (κ1) is 18.5. The van der Waals surface area contributed by atoms with Crippen molar-refractivity contribution in [1.82, 2.24) is 20.3 Å². The molecule has 0 saturated heterocycles. The predicted molar refractivity (Wildman–Crippen MR) is 103 cm³/mol. The minimum Gasteiger partial charge on any atom is -0.350 e. The molecule has 0 aliphatic rings. The van der Waals surface area contributed by atoms with E-state index in [4.69, 9.17) is 5.73 Å². The second kappa shape index (κ2) is 7.55. The Morgan fingerprint density at radius 3 is 2.48 bits per heavy atom. The minimum atomic E-state index is -0.647. The van der Waals surface area contributed by atoms with Crippen LogP contribution in [0.2, 0.25) is 0 Å². The van der Waals surface area contributed by atoms with E-state index in [-0.39, 0.29) is 29.2 Å². The molecule has 2 aromatic heterocycles. The van der Waals surface area contributed by atoms with E-state index in [9.17, 15) is 14.4 Å². The Labute approximate surface area is 154 Å². The zero-order valence-corrected chi connectivity index (χ0v) is 15.1. The third kappa shape index (κ3) is 4.12. The van der Waals surface area contributed by atoms with Crippen LogP contribution >= 0.6 is 0 Å². The number of aromatic nitrogens is 3. The van der Waals surface area contributed by atoms with Gasteiger partial charge in [0, 0.05) is 18.8 Å². The number of hydrogen-bond donors (Lipinski definition) is 4. The standard InChI is InChI=1S/C19H21N5O3/c1-10(2)11-3-5-12(6-4-11)15(20)9-22-17(25)13-7-14-16(21-8-13)23-19(27)24-18(14)26/h3-8,10,15H,9,20H2,1-2H3,(H,22,25)(H2,21,23,24,26,27). The molecule has 2 heterocycles.